The van der Waals surface area contributed by atoms with Gasteiger partial charge >= 0.3 is 0 Å². The van der Waals surface area contributed by atoms with Crippen LogP contribution in [0.5, 0.6) is 0 Å². The third-order valence-electron chi connectivity index (χ3n) is 9.26. The van der Waals surface area contributed by atoms with Gasteiger partial charge in [0.2, 0.25) is 0 Å². The Morgan fingerprint density at radius 1 is 1.10 bits per heavy atom. The number of piperidine rings is 2. The van der Waals surface area contributed by atoms with E-state index in [9.17, 15) is 0 Å². The molecule has 5 nitrogen and oxygen atoms in total. The molecule has 0 bridgehead atoms. The number of hydrogen-bond donors (Lipinski definition) is 1. The molecule has 2 aromatic rings. The maximum Gasteiger partial charge on any atom is 0.128 e. The van der Waals surface area contributed by atoms with Crippen LogP contribution < -0.4 is 10.2 Å². The van der Waals surface area contributed by atoms with Crippen LogP contribution in [0.3, 0.4) is 0 Å². The average Bonchev–Trinajstić information content (AvgIpc) is 3.32. The van der Waals surface area contributed by atoms with Crippen LogP contribution in [0.4, 0.5) is 5.82 Å². The van der Waals surface area contributed by atoms with Crippen molar-refractivity contribution in [2.24, 2.45) is 0 Å². The lowest BCUT2D eigenvalue weighted by molar-refractivity contribution is 0.131. The maximum atomic E-state index is 5.10. The SMILES string of the molecule is C=CCCC(C(=C)NC)N1Cc2cc(CCC3CCCCN3Cc3cccc(N4CCCCC4)n3)ccc2C1=C. The standard InChI is InChI=1S/C35H49N5/c1-5-6-15-34(27(2)36-4)40-25-30-24-29(18-20-33(30)28(40)3)17-19-32-14-8-11-23-39(32)26-31-13-12-16-35(37-31)38-21-9-7-10-22-38/h5,12-13,16,18,20,24,32,34,36H,1-3,6-11,14-15,17,19,21-23,25-26H2,4H3. The van der Waals surface area contributed by atoms with Gasteiger partial charge in [-0.15, -0.1) is 6.58 Å². The topological polar surface area (TPSA) is 34.6 Å². The molecule has 2 saturated heterocycles. The van der Waals surface area contributed by atoms with Crippen molar-refractivity contribution in [2.75, 3.05) is 31.6 Å². The summed E-state index contributed by atoms with van der Waals surface area (Å²) in [5.74, 6) is 1.17. The summed E-state index contributed by atoms with van der Waals surface area (Å²) in [4.78, 5) is 12.7. The second-order valence-corrected chi connectivity index (χ2v) is 11.9. The van der Waals surface area contributed by atoms with Crippen molar-refractivity contribution < 1.29 is 0 Å². The van der Waals surface area contributed by atoms with Crippen LogP contribution >= 0.6 is 0 Å². The Morgan fingerprint density at radius 3 is 2.73 bits per heavy atom. The highest BCUT2D eigenvalue weighted by molar-refractivity contribution is 5.70. The van der Waals surface area contributed by atoms with Crippen LogP contribution in [-0.4, -0.2) is 53.5 Å². The summed E-state index contributed by atoms with van der Waals surface area (Å²) in [6.45, 7) is 18.0. The molecule has 5 heteroatoms. The van der Waals surface area contributed by atoms with Crippen LogP contribution in [-0.2, 0) is 19.5 Å². The van der Waals surface area contributed by atoms with E-state index in [0.29, 0.717) is 6.04 Å². The molecule has 0 radical (unpaired) electrons. The molecule has 40 heavy (non-hydrogen) atoms. The van der Waals surface area contributed by atoms with Gasteiger partial charge in [0, 0.05) is 56.2 Å². The summed E-state index contributed by atoms with van der Waals surface area (Å²) >= 11 is 0. The number of nitrogens with zero attached hydrogens (tertiary/aromatic N) is 4. The van der Waals surface area contributed by atoms with Crippen LogP contribution in [0.1, 0.15) is 80.2 Å². The summed E-state index contributed by atoms with van der Waals surface area (Å²) in [5, 5.41) is 3.28. The Bertz CT molecular complexity index is 1180. The molecule has 5 rings (SSSR count). The Kier molecular flexibility index (Phi) is 9.64. The number of nitrogens with one attached hydrogen (secondary N) is 1. The molecular weight excluding hydrogens is 490 g/mol. The van der Waals surface area contributed by atoms with Gasteiger partial charge in [-0.05, 0) is 87.6 Å². The minimum atomic E-state index is 0.226. The highest BCUT2D eigenvalue weighted by atomic mass is 15.2. The number of aryl methyl sites for hydroxylation is 1. The Labute approximate surface area is 242 Å². The van der Waals surface area contributed by atoms with E-state index in [-0.39, 0.29) is 6.04 Å². The van der Waals surface area contributed by atoms with E-state index < -0.39 is 0 Å². The molecule has 1 aromatic carbocycles. The van der Waals surface area contributed by atoms with Gasteiger partial charge in [0.25, 0.3) is 0 Å². The van der Waals surface area contributed by atoms with E-state index in [1.165, 1.54) is 79.7 Å². The molecule has 0 aliphatic carbocycles. The van der Waals surface area contributed by atoms with Gasteiger partial charge in [0.05, 0.1) is 11.7 Å². The van der Waals surface area contributed by atoms with Crippen LogP contribution in [0.2, 0.25) is 0 Å². The first-order chi connectivity index (χ1) is 19.6. The first-order valence-electron chi connectivity index (χ1n) is 15.6. The Hall–Kier alpha value is -3.05. The van der Waals surface area contributed by atoms with Gasteiger partial charge in [-0.1, -0.05) is 49.9 Å². The van der Waals surface area contributed by atoms with E-state index in [1.807, 2.05) is 13.1 Å². The smallest absolute Gasteiger partial charge is 0.128 e. The van der Waals surface area contributed by atoms with Crippen molar-refractivity contribution >= 4 is 11.5 Å². The van der Waals surface area contributed by atoms with Gasteiger partial charge in [-0.2, -0.15) is 0 Å². The number of allylic oxidation sites excluding steroid dienone is 1. The minimum Gasteiger partial charge on any atom is -0.390 e. The maximum absolute atomic E-state index is 5.10. The number of rotatable bonds is 12. The number of hydrogen-bond acceptors (Lipinski definition) is 5. The second kappa shape index (κ2) is 13.5. The fourth-order valence-electron chi connectivity index (χ4n) is 6.90. The van der Waals surface area contributed by atoms with Crippen molar-refractivity contribution in [3.05, 3.63) is 90.3 Å². The van der Waals surface area contributed by atoms with Gasteiger partial charge in [-0.3, -0.25) is 4.90 Å². The van der Waals surface area contributed by atoms with Crippen LogP contribution in [0, 0.1) is 0 Å². The van der Waals surface area contributed by atoms with Crippen molar-refractivity contribution in [1.29, 1.82) is 0 Å². The van der Waals surface area contributed by atoms with Gasteiger partial charge in [-0.25, -0.2) is 4.98 Å². The molecule has 4 heterocycles. The zero-order valence-corrected chi connectivity index (χ0v) is 24.7. The van der Waals surface area contributed by atoms with E-state index in [0.717, 1.165) is 56.8 Å². The van der Waals surface area contributed by atoms with E-state index in [1.54, 1.807) is 0 Å². The summed E-state index contributed by atoms with van der Waals surface area (Å²) < 4.78 is 0. The average molecular weight is 540 g/mol. The molecule has 3 aliphatic rings. The number of anilines is 1. The van der Waals surface area contributed by atoms with Gasteiger partial charge in [0.15, 0.2) is 0 Å². The minimum absolute atomic E-state index is 0.226. The number of benzene rings is 1. The van der Waals surface area contributed by atoms with Crippen molar-refractivity contribution in [2.45, 2.75) is 89.4 Å². The zero-order valence-electron chi connectivity index (χ0n) is 24.7. The molecule has 2 unspecified atom stereocenters. The number of likely N-dealkylation sites (N-methyl/N-ethyl adjacent to an activating group) is 1. The normalized spacial score (nSPS) is 20.3. The van der Waals surface area contributed by atoms with E-state index in [2.05, 4.69) is 76.2 Å². The molecule has 1 aromatic heterocycles. The van der Waals surface area contributed by atoms with E-state index in [4.69, 9.17) is 4.98 Å². The molecule has 2 atom stereocenters. The molecular formula is C35H49N5. The monoisotopic (exact) mass is 539 g/mol. The third-order valence-corrected chi connectivity index (χ3v) is 9.26. The number of likely N-dealkylation sites (tertiary alicyclic amines) is 1. The molecule has 2 fully saturated rings. The highest BCUT2D eigenvalue weighted by Crippen LogP contribution is 2.36. The number of pyridine rings is 1. The Balaban J connectivity index is 1.21. The molecule has 0 spiro atoms. The van der Waals surface area contributed by atoms with Gasteiger partial charge < -0.3 is 15.1 Å². The first kappa shape index (κ1) is 28.5. The number of fused-ring (bicyclic) bond motifs is 1. The van der Waals surface area contributed by atoms with E-state index >= 15 is 0 Å². The van der Waals surface area contributed by atoms with Crippen LogP contribution in [0.15, 0.2) is 67.9 Å². The number of aromatic nitrogens is 1. The van der Waals surface area contributed by atoms with Gasteiger partial charge in [0.1, 0.15) is 5.82 Å². The fraction of sp³-hybridized carbons (Fsp3) is 0.514. The summed E-state index contributed by atoms with van der Waals surface area (Å²) in [6.07, 6.45) is 14.1. The fourth-order valence-corrected chi connectivity index (χ4v) is 6.90. The summed E-state index contributed by atoms with van der Waals surface area (Å²) in [7, 11) is 1.96. The van der Waals surface area contributed by atoms with Crippen molar-refractivity contribution in [3.8, 4) is 0 Å². The predicted molar refractivity (Wildman–Crippen MR) is 169 cm³/mol. The molecule has 0 saturated carbocycles. The van der Waals surface area contributed by atoms with Crippen LogP contribution in [0.25, 0.3) is 5.70 Å². The third kappa shape index (κ3) is 6.63. The lowest BCUT2D eigenvalue weighted by Crippen LogP contribution is -2.39. The quantitative estimate of drug-likeness (QED) is 0.296. The second-order valence-electron chi connectivity index (χ2n) is 11.9. The lowest BCUT2D eigenvalue weighted by Gasteiger charge is -2.36. The summed E-state index contributed by atoms with van der Waals surface area (Å²) in [6, 6.07) is 14.5. The molecule has 0 amide bonds. The summed E-state index contributed by atoms with van der Waals surface area (Å²) in [5.41, 5.74) is 7.51. The molecule has 1 N–H and O–H groups in total. The first-order valence-corrected chi connectivity index (χ1v) is 15.6. The Morgan fingerprint density at radius 2 is 1.93 bits per heavy atom. The highest BCUT2D eigenvalue weighted by Gasteiger charge is 2.30. The zero-order chi connectivity index (χ0) is 27.9. The molecule has 214 valence electrons. The lowest BCUT2D eigenvalue weighted by atomic mass is 9.94. The largest absolute Gasteiger partial charge is 0.390 e. The van der Waals surface area contributed by atoms with Crippen molar-refractivity contribution in [1.82, 2.24) is 20.1 Å². The van der Waals surface area contributed by atoms with Crippen molar-refractivity contribution in [3.63, 3.8) is 0 Å². The molecule has 3 aliphatic heterocycles. The predicted octanol–water partition coefficient (Wildman–Crippen LogP) is 6.91.